The van der Waals surface area contributed by atoms with Crippen LogP contribution in [0.4, 0.5) is 0 Å². The van der Waals surface area contributed by atoms with Crippen LogP contribution in [-0.2, 0) is 11.0 Å². The maximum atomic E-state index is 5.02. The summed E-state index contributed by atoms with van der Waals surface area (Å²) in [6.45, 7) is 13.5. The van der Waals surface area contributed by atoms with Gasteiger partial charge in [0.05, 0.1) is 11.7 Å². The standard InChI is InChI=1S/C17H26N4/c1-12(2)17(7-9-19-11-17)15-20-13-10-18-8-6-14(13)21(15)16(3,4)5/h6,8,10,12,19H,7,9,11H2,1-5H3. The summed E-state index contributed by atoms with van der Waals surface area (Å²) in [7, 11) is 0. The third kappa shape index (κ3) is 2.16. The highest BCUT2D eigenvalue weighted by atomic mass is 15.2. The summed E-state index contributed by atoms with van der Waals surface area (Å²) in [5.41, 5.74) is 2.33. The number of rotatable bonds is 2. The Labute approximate surface area is 127 Å². The monoisotopic (exact) mass is 286 g/mol. The molecular formula is C17H26N4. The number of nitrogens with zero attached hydrogens (tertiary/aromatic N) is 3. The first-order chi connectivity index (χ1) is 9.86. The number of fused-ring (bicyclic) bond motifs is 1. The molecule has 2 aromatic rings. The summed E-state index contributed by atoms with van der Waals surface area (Å²) in [6.07, 6.45) is 4.90. The lowest BCUT2D eigenvalue weighted by Gasteiger charge is -2.36. The molecule has 21 heavy (non-hydrogen) atoms. The predicted molar refractivity (Wildman–Crippen MR) is 86.5 cm³/mol. The van der Waals surface area contributed by atoms with Crippen molar-refractivity contribution in [2.45, 2.75) is 52.0 Å². The van der Waals surface area contributed by atoms with Crippen molar-refractivity contribution in [3.63, 3.8) is 0 Å². The maximum absolute atomic E-state index is 5.02. The van der Waals surface area contributed by atoms with Gasteiger partial charge in [0, 0.05) is 23.7 Å². The van der Waals surface area contributed by atoms with E-state index in [0.29, 0.717) is 5.92 Å². The van der Waals surface area contributed by atoms with E-state index in [1.807, 2.05) is 12.4 Å². The van der Waals surface area contributed by atoms with Crippen LogP contribution in [0.5, 0.6) is 0 Å². The maximum Gasteiger partial charge on any atom is 0.118 e. The van der Waals surface area contributed by atoms with Crippen LogP contribution < -0.4 is 5.32 Å². The van der Waals surface area contributed by atoms with Crippen LogP contribution >= 0.6 is 0 Å². The SMILES string of the molecule is CC(C)C1(c2nc3cnccc3n2C(C)(C)C)CCNC1. The molecule has 4 heteroatoms. The smallest absolute Gasteiger partial charge is 0.118 e. The third-order valence-electron chi connectivity index (χ3n) is 4.87. The minimum absolute atomic E-state index is 0.00984. The second-order valence-electron chi connectivity index (χ2n) is 7.54. The molecule has 1 aliphatic rings. The van der Waals surface area contributed by atoms with E-state index in [4.69, 9.17) is 4.98 Å². The molecule has 1 saturated heterocycles. The zero-order chi connectivity index (χ0) is 15.3. The highest BCUT2D eigenvalue weighted by Gasteiger charge is 2.44. The molecule has 1 atom stereocenters. The van der Waals surface area contributed by atoms with Crippen molar-refractivity contribution >= 4 is 11.0 Å². The van der Waals surface area contributed by atoms with Gasteiger partial charge in [-0.25, -0.2) is 4.98 Å². The lowest BCUT2D eigenvalue weighted by atomic mass is 9.75. The first-order valence-corrected chi connectivity index (χ1v) is 7.90. The number of nitrogens with one attached hydrogen (secondary N) is 1. The van der Waals surface area contributed by atoms with Crippen LogP contribution in [0.15, 0.2) is 18.5 Å². The van der Waals surface area contributed by atoms with E-state index < -0.39 is 0 Å². The number of pyridine rings is 1. The van der Waals surface area contributed by atoms with E-state index in [0.717, 1.165) is 25.0 Å². The van der Waals surface area contributed by atoms with Gasteiger partial charge in [-0.1, -0.05) is 13.8 Å². The van der Waals surface area contributed by atoms with Gasteiger partial charge in [0.1, 0.15) is 11.3 Å². The van der Waals surface area contributed by atoms with E-state index in [1.165, 1.54) is 11.3 Å². The molecule has 1 aliphatic heterocycles. The van der Waals surface area contributed by atoms with Crippen LogP contribution in [-0.4, -0.2) is 27.6 Å². The molecular weight excluding hydrogens is 260 g/mol. The molecule has 0 aliphatic carbocycles. The molecule has 0 aromatic carbocycles. The second kappa shape index (κ2) is 4.80. The quantitative estimate of drug-likeness (QED) is 0.922. The van der Waals surface area contributed by atoms with Crippen molar-refractivity contribution in [3.05, 3.63) is 24.3 Å². The molecule has 4 nitrogen and oxygen atoms in total. The fourth-order valence-electron chi connectivity index (χ4n) is 3.60. The minimum atomic E-state index is 0.00984. The second-order valence-corrected chi connectivity index (χ2v) is 7.54. The average Bonchev–Trinajstić information content (AvgIpc) is 3.03. The average molecular weight is 286 g/mol. The normalized spacial score (nSPS) is 23.3. The highest BCUT2D eigenvalue weighted by Crippen LogP contribution is 2.40. The Kier molecular flexibility index (Phi) is 3.32. The molecule has 1 N–H and O–H groups in total. The Morgan fingerprint density at radius 1 is 1.33 bits per heavy atom. The zero-order valence-electron chi connectivity index (χ0n) is 13.8. The Hall–Kier alpha value is -1.42. The summed E-state index contributed by atoms with van der Waals surface area (Å²) < 4.78 is 2.43. The molecule has 0 spiro atoms. The predicted octanol–water partition coefficient (Wildman–Crippen LogP) is 3.07. The molecule has 2 aromatic heterocycles. The van der Waals surface area contributed by atoms with Gasteiger partial charge in [-0.05, 0) is 45.7 Å². The number of hydrogen-bond donors (Lipinski definition) is 1. The number of imidazole rings is 1. The molecule has 1 fully saturated rings. The molecule has 3 rings (SSSR count). The topological polar surface area (TPSA) is 42.7 Å². The van der Waals surface area contributed by atoms with Crippen LogP contribution in [0, 0.1) is 5.92 Å². The zero-order valence-corrected chi connectivity index (χ0v) is 13.8. The summed E-state index contributed by atoms with van der Waals surface area (Å²) in [4.78, 5) is 9.27. The lowest BCUT2D eigenvalue weighted by Crippen LogP contribution is -2.40. The number of hydrogen-bond acceptors (Lipinski definition) is 3. The van der Waals surface area contributed by atoms with Gasteiger partial charge in [0.2, 0.25) is 0 Å². The van der Waals surface area contributed by atoms with Gasteiger partial charge in [-0.15, -0.1) is 0 Å². The molecule has 0 amide bonds. The minimum Gasteiger partial charge on any atom is -0.322 e. The van der Waals surface area contributed by atoms with Crippen molar-refractivity contribution in [2.24, 2.45) is 5.92 Å². The molecule has 0 radical (unpaired) electrons. The fraction of sp³-hybridized carbons (Fsp3) is 0.647. The van der Waals surface area contributed by atoms with Crippen molar-refractivity contribution in [1.29, 1.82) is 0 Å². The van der Waals surface area contributed by atoms with E-state index in [9.17, 15) is 0 Å². The van der Waals surface area contributed by atoms with Crippen LogP contribution in [0.3, 0.4) is 0 Å². The number of aromatic nitrogens is 3. The van der Waals surface area contributed by atoms with E-state index in [1.54, 1.807) is 0 Å². The molecule has 1 unspecified atom stereocenters. The van der Waals surface area contributed by atoms with Gasteiger partial charge < -0.3 is 9.88 Å². The lowest BCUT2D eigenvalue weighted by molar-refractivity contribution is 0.278. The largest absolute Gasteiger partial charge is 0.322 e. The Morgan fingerprint density at radius 2 is 2.10 bits per heavy atom. The third-order valence-corrected chi connectivity index (χ3v) is 4.87. The Bertz CT molecular complexity index is 642. The van der Waals surface area contributed by atoms with Crippen molar-refractivity contribution in [2.75, 3.05) is 13.1 Å². The first kappa shape index (κ1) is 14.5. The van der Waals surface area contributed by atoms with Crippen LogP contribution in [0.25, 0.3) is 11.0 Å². The summed E-state index contributed by atoms with van der Waals surface area (Å²) >= 11 is 0. The van der Waals surface area contributed by atoms with Crippen molar-refractivity contribution in [3.8, 4) is 0 Å². The van der Waals surface area contributed by atoms with Crippen molar-refractivity contribution in [1.82, 2.24) is 19.9 Å². The first-order valence-electron chi connectivity index (χ1n) is 7.90. The van der Waals surface area contributed by atoms with Gasteiger partial charge in [0.15, 0.2) is 0 Å². The summed E-state index contributed by atoms with van der Waals surface area (Å²) in [6, 6.07) is 2.09. The molecule has 0 bridgehead atoms. The molecule has 0 saturated carbocycles. The molecule has 3 heterocycles. The Morgan fingerprint density at radius 3 is 2.67 bits per heavy atom. The van der Waals surface area contributed by atoms with E-state index >= 15 is 0 Å². The van der Waals surface area contributed by atoms with Crippen LogP contribution in [0.1, 0.15) is 46.9 Å². The van der Waals surface area contributed by atoms with E-state index in [-0.39, 0.29) is 11.0 Å². The van der Waals surface area contributed by atoms with Gasteiger partial charge in [0.25, 0.3) is 0 Å². The Balaban J connectivity index is 2.31. The van der Waals surface area contributed by atoms with Crippen molar-refractivity contribution < 1.29 is 0 Å². The van der Waals surface area contributed by atoms with Crippen LogP contribution in [0.2, 0.25) is 0 Å². The molecule has 114 valence electrons. The van der Waals surface area contributed by atoms with E-state index in [2.05, 4.69) is 55.6 Å². The van der Waals surface area contributed by atoms with Gasteiger partial charge in [-0.3, -0.25) is 4.98 Å². The van der Waals surface area contributed by atoms with Gasteiger partial charge >= 0.3 is 0 Å². The fourth-order valence-corrected chi connectivity index (χ4v) is 3.60. The summed E-state index contributed by atoms with van der Waals surface area (Å²) in [5.74, 6) is 1.77. The van der Waals surface area contributed by atoms with Gasteiger partial charge in [-0.2, -0.15) is 0 Å². The highest BCUT2D eigenvalue weighted by molar-refractivity contribution is 5.75. The summed E-state index contributed by atoms with van der Waals surface area (Å²) in [5, 5.41) is 3.55.